The van der Waals surface area contributed by atoms with Gasteiger partial charge in [-0.3, -0.25) is 0 Å². The molecule has 0 bridgehead atoms. The van der Waals surface area contributed by atoms with Crippen molar-refractivity contribution in [3.8, 4) is 6.07 Å². The molecule has 0 atom stereocenters. The van der Waals surface area contributed by atoms with Crippen LogP contribution in [0.15, 0.2) is 42.6 Å². The molecule has 0 radical (unpaired) electrons. The van der Waals surface area contributed by atoms with Crippen molar-refractivity contribution in [1.82, 2.24) is 4.98 Å². The zero-order valence-corrected chi connectivity index (χ0v) is 9.22. The van der Waals surface area contributed by atoms with E-state index in [0.29, 0.717) is 12.2 Å². The molecule has 17 heavy (non-hydrogen) atoms. The Morgan fingerprint density at radius 3 is 2.71 bits per heavy atom. The first-order valence-electron chi connectivity index (χ1n) is 5.22. The number of nitriles is 1. The molecule has 2 aromatic rings. The minimum Gasteiger partial charge on any atom is -0.399 e. The average molecular weight is 224 g/mol. The molecule has 4 nitrogen and oxygen atoms in total. The summed E-state index contributed by atoms with van der Waals surface area (Å²) >= 11 is 0. The van der Waals surface area contributed by atoms with Crippen LogP contribution in [0.5, 0.6) is 0 Å². The van der Waals surface area contributed by atoms with Gasteiger partial charge in [-0.15, -0.1) is 0 Å². The highest BCUT2D eigenvalue weighted by molar-refractivity contribution is 5.47. The van der Waals surface area contributed by atoms with Gasteiger partial charge in [0.1, 0.15) is 11.8 Å². The maximum Gasteiger partial charge on any atom is 0.142 e. The number of rotatable bonds is 3. The van der Waals surface area contributed by atoms with E-state index in [1.54, 1.807) is 12.3 Å². The fourth-order valence-corrected chi connectivity index (χ4v) is 1.44. The molecule has 0 aliphatic heterocycles. The van der Waals surface area contributed by atoms with E-state index in [1.165, 1.54) is 0 Å². The Morgan fingerprint density at radius 1 is 1.24 bits per heavy atom. The topological polar surface area (TPSA) is 74.7 Å². The van der Waals surface area contributed by atoms with Crippen molar-refractivity contribution >= 4 is 11.4 Å². The zero-order valence-electron chi connectivity index (χ0n) is 9.22. The van der Waals surface area contributed by atoms with Crippen molar-refractivity contribution in [2.24, 2.45) is 0 Å². The summed E-state index contributed by atoms with van der Waals surface area (Å²) in [5, 5.41) is 11.9. The SMILES string of the molecule is N#Cc1cc(NCc2ccc(N)cc2)ccn1. The molecule has 1 heterocycles. The maximum absolute atomic E-state index is 8.72. The van der Waals surface area contributed by atoms with E-state index in [2.05, 4.69) is 10.3 Å². The van der Waals surface area contributed by atoms with Crippen LogP contribution in [0.4, 0.5) is 11.4 Å². The van der Waals surface area contributed by atoms with Crippen LogP contribution in [0.3, 0.4) is 0 Å². The largest absolute Gasteiger partial charge is 0.399 e. The first-order chi connectivity index (χ1) is 8.28. The van der Waals surface area contributed by atoms with Gasteiger partial charge >= 0.3 is 0 Å². The van der Waals surface area contributed by atoms with Crippen molar-refractivity contribution in [2.75, 3.05) is 11.1 Å². The van der Waals surface area contributed by atoms with Crippen LogP contribution < -0.4 is 11.1 Å². The molecule has 0 amide bonds. The summed E-state index contributed by atoms with van der Waals surface area (Å²) in [7, 11) is 0. The first kappa shape index (κ1) is 11.0. The summed E-state index contributed by atoms with van der Waals surface area (Å²) in [4.78, 5) is 3.91. The van der Waals surface area contributed by atoms with Crippen molar-refractivity contribution in [3.05, 3.63) is 53.9 Å². The van der Waals surface area contributed by atoms with E-state index < -0.39 is 0 Å². The molecule has 4 heteroatoms. The molecule has 0 aliphatic rings. The Balaban J connectivity index is 2.02. The third-order valence-corrected chi connectivity index (χ3v) is 2.35. The van der Waals surface area contributed by atoms with Crippen LogP contribution in [0.2, 0.25) is 0 Å². The summed E-state index contributed by atoms with van der Waals surface area (Å²) < 4.78 is 0. The van der Waals surface area contributed by atoms with Gasteiger partial charge in [-0.25, -0.2) is 4.98 Å². The minimum absolute atomic E-state index is 0.410. The van der Waals surface area contributed by atoms with Crippen LogP contribution in [-0.2, 0) is 6.54 Å². The predicted octanol–water partition coefficient (Wildman–Crippen LogP) is 2.15. The summed E-state index contributed by atoms with van der Waals surface area (Å²) in [5.41, 5.74) is 8.79. The van der Waals surface area contributed by atoms with Crippen molar-refractivity contribution < 1.29 is 0 Å². The maximum atomic E-state index is 8.72. The van der Waals surface area contributed by atoms with Crippen LogP contribution in [0, 0.1) is 11.3 Å². The molecule has 0 unspecified atom stereocenters. The van der Waals surface area contributed by atoms with Gasteiger partial charge in [0.25, 0.3) is 0 Å². The summed E-state index contributed by atoms with van der Waals surface area (Å²) in [6.07, 6.45) is 1.61. The normalized spacial score (nSPS) is 9.59. The van der Waals surface area contributed by atoms with Gasteiger partial charge in [-0.1, -0.05) is 12.1 Å². The lowest BCUT2D eigenvalue weighted by Crippen LogP contribution is -2.00. The number of nitrogens with two attached hydrogens (primary N) is 1. The predicted molar refractivity (Wildman–Crippen MR) is 67.1 cm³/mol. The number of benzene rings is 1. The highest BCUT2D eigenvalue weighted by Crippen LogP contribution is 2.11. The Bertz CT molecular complexity index is 540. The molecule has 3 N–H and O–H groups in total. The number of anilines is 2. The first-order valence-corrected chi connectivity index (χ1v) is 5.22. The molecule has 0 fully saturated rings. The number of hydrogen-bond acceptors (Lipinski definition) is 4. The van der Waals surface area contributed by atoms with E-state index in [1.807, 2.05) is 36.4 Å². The highest BCUT2D eigenvalue weighted by Gasteiger charge is 1.96. The third-order valence-electron chi connectivity index (χ3n) is 2.35. The number of nitrogen functional groups attached to an aromatic ring is 1. The van der Waals surface area contributed by atoms with Crippen molar-refractivity contribution in [1.29, 1.82) is 5.26 Å². The quantitative estimate of drug-likeness (QED) is 0.783. The second-order valence-electron chi connectivity index (χ2n) is 3.64. The minimum atomic E-state index is 0.410. The zero-order chi connectivity index (χ0) is 12.1. The summed E-state index contributed by atoms with van der Waals surface area (Å²) in [6.45, 7) is 0.690. The van der Waals surface area contributed by atoms with Crippen LogP contribution in [0.25, 0.3) is 0 Å². The second kappa shape index (κ2) is 4.99. The van der Waals surface area contributed by atoms with Gasteiger partial charge in [-0.2, -0.15) is 5.26 Å². The fraction of sp³-hybridized carbons (Fsp3) is 0.0769. The Morgan fingerprint density at radius 2 is 2.00 bits per heavy atom. The van der Waals surface area contributed by atoms with Gasteiger partial charge in [0, 0.05) is 24.1 Å². The number of hydrogen-bond donors (Lipinski definition) is 2. The molecule has 0 spiro atoms. The smallest absolute Gasteiger partial charge is 0.142 e. The van der Waals surface area contributed by atoms with E-state index >= 15 is 0 Å². The third kappa shape index (κ3) is 2.95. The molecular weight excluding hydrogens is 212 g/mol. The van der Waals surface area contributed by atoms with E-state index in [-0.39, 0.29) is 0 Å². The molecule has 0 saturated heterocycles. The highest BCUT2D eigenvalue weighted by atomic mass is 14.9. The summed E-state index contributed by atoms with van der Waals surface area (Å²) in [5.74, 6) is 0. The molecule has 1 aromatic heterocycles. The van der Waals surface area contributed by atoms with E-state index in [4.69, 9.17) is 11.0 Å². The molecule has 84 valence electrons. The monoisotopic (exact) mass is 224 g/mol. The van der Waals surface area contributed by atoms with Crippen molar-refractivity contribution in [2.45, 2.75) is 6.54 Å². The van der Waals surface area contributed by atoms with Gasteiger partial charge < -0.3 is 11.1 Å². The summed E-state index contributed by atoms with van der Waals surface area (Å²) in [6, 6.07) is 13.2. The van der Waals surface area contributed by atoms with Crippen LogP contribution in [-0.4, -0.2) is 4.98 Å². The molecular formula is C13H12N4. The average Bonchev–Trinajstić information content (AvgIpc) is 2.38. The van der Waals surface area contributed by atoms with Gasteiger partial charge in [0.05, 0.1) is 0 Å². The molecule has 0 aliphatic carbocycles. The van der Waals surface area contributed by atoms with E-state index in [0.717, 1.165) is 16.9 Å². The fourth-order valence-electron chi connectivity index (χ4n) is 1.44. The van der Waals surface area contributed by atoms with Crippen molar-refractivity contribution in [3.63, 3.8) is 0 Å². The number of nitrogens with one attached hydrogen (secondary N) is 1. The van der Waals surface area contributed by atoms with E-state index in [9.17, 15) is 0 Å². The molecule has 2 rings (SSSR count). The number of nitrogens with zero attached hydrogens (tertiary/aromatic N) is 2. The van der Waals surface area contributed by atoms with Crippen LogP contribution >= 0.6 is 0 Å². The lowest BCUT2D eigenvalue weighted by atomic mass is 10.2. The lowest BCUT2D eigenvalue weighted by molar-refractivity contribution is 1.14. The number of aromatic nitrogens is 1. The van der Waals surface area contributed by atoms with Gasteiger partial charge in [0.15, 0.2) is 0 Å². The standard InChI is InChI=1S/C13H12N4/c14-8-13-7-12(5-6-16-13)17-9-10-1-3-11(15)4-2-10/h1-7H,9,15H2,(H,16,17). The molecule has 1 aromatic carbocycles. The Hall–Kier alpha value is -2.54. The lowest BCUT2D eigenvalue weighted by Gasteiger charge is -2.06. The van der Waals surface area contributed by atoms with Gasteiger partial charge in [0.2, 0.25) is 0 Å². The Kier molecular flexibility index (Phi) is 3.22. The Labute approximate surface area is 99.7 Å². The van der Waals surface area contributed by atoms with Gasteiger partial charge in [-0.05, 0) is 29.8 Å². The second-order valence-corrected chi connectivity index (χ2v) is 3.64. The van der Waals surface area contributed by atoms with Crippen LogP contribution in [0.1, 0.15) is 11.3 Å². The molecule has 0 saturated carbocycles. The number of pyridine rings is 1.